The third-order valence-corrected chi connectivity index (χ3v) is 2.98. The Morgan fingerprint density at radius 2 is 1.90 bits per heavy atom. The molecule has 0 saturated carbocycles. The monoisotopic (exact) mass is 144 g/mol. The van der Waals surface area contributed by atoms with Crippen LogP contribution in [0.2, 0.25) is 0 Å². The van der Waals surface area contributed by atoms with E-state index in [0.717, 1.165) is 6.42 Å². The normalized spacial score (nSPS) is 46.8. The van der Waals surface area contributed by atoms with Gasteiger partial charge in [0.25, 0.3) is 0 Å². The first-order chi connectivity index (χ1) is 4.67. The van der Waals surface area contributed by atoms with Gasteiger partial charge in [-0.1, -0.05) is 6.92 Å². The first kappa shape index (κ1) is 8.02. The molecule has 0 aromatic rings. The van der Waals surface area contributed by atoms with Crippen LogP contribution in [0.4, 0.5) is 0 Å². The third-order valence-electron chi connectivity index (χ3n) is 2.98. The van der Waals surface area contributed by atoms with E-state index in [2.05, 4.69) is 6.92 Å². The van der Waals surface area contributed by atoms with E-state index in [1.165, 1.54) is 0 Å². The predicted octanol–water partition coefficient (Wildman–Crippen LogP) is 1.18. The summed E-state index contributed by atoms with van der Waals surface area (Å²) in [4.78, 5) is 0. The Kier molecular flexibility index (Phi) is 2.02. The van der Waals surface area contributed by atoms with Crippen LogP contribution in [0.5, 0.6) is 0 Å². The van der Waals surface area contributed by atoms with E-state index in [0.29, 0.717) is 0 Å². The first-order valence-electron chi connectivity index (χ1n) is 3.93. The molecule has 0 spiro atoms. The van der Waals surface area contributed by atoms with Crippen molar-refractivity contribution in [3.8, 4) is 0 Å². The summed E-state index contributed by atoms with van der Waals surface area (Å²) < 4.78 is 5.38. The van der Waals surface area contributed by atoms with E-state index in [-0.39, 0.29) is 24.2 Å². The van der Waals surface area contributed by atoms with Crippen molar-refractivity contribution in [2.24, 2.45) is 5.41 Å². The third kappa shape index (κ3) is 0.789. The van der Waals surface area contributed by atoms with Crippen molar-refractivity contribution in [1.29, 1.82) is 0 Å². The number of rotatable bonds is 2. The lowest BCUT2D eigenvalue weighted by Crippen LogP contribution is -2.58. The summed E-state index contributed by atoms with van der Waals surface area (Å²) in [5.74, 6) is 0. The summed E-state index contributed by atoms with van der Waals surface area (Å²) in [6.07, 6.45) is 1.47. The zero-order valence-corrected chi connectivity index (χ0v) is 6.92. The van der Waals surface area contributed by atoms with Gasteiger partial charge < -0.3 is 9.84 Å². The molecule has 1 rings (SSSR count). The Hall–Kier alpha value is -0.0800. The van der Waals surface area contributed by atoms with Gasteiger partial charge in [0.2, 0.25) is 0 Å². The summed E-state index contributed by atoms with van der Waals surface area (Å²) in [6.45, 7) is 6.41. The van der Waals surface area contributed by atoms with Crippen LogP contribution in [0.3, 0.4) is 0 Å². The molecule has 0 amide bonds. The first-order valence-corrected chi connectivity index (χ1v) is 3.93. The average Bonchev–Trinajstić information content (AvgIpc) is 1.91. The van der Waals surface area contributed by atoms with E-state index in [1.807, 2.05) is 13.8 Å². The zero-order chi connectivity index (χ0) is 7.78. The smallest absolute Gasteiger partial charge is 0.0653 e. The van der Waals surface area contributed by atoms with Crippen LogP contribution in [-0.4, -0.2) is 23.9 Å². The molecule has 2 unspecified atom stereocenters. The van der Waals surface area contributed by atoms with E-state index in [9.17, 15) is 0 Å². The van der Waals surface area contributed by atoms with Crippen molar-refractivity contribution in [2.75, 3.05) is 6.61 Å². The standard InChI is InChI=1S/C8H16O2/c1-4-8(5-9)6(2)10-7(8)3/h6-7,9H,4-5H2,1-3H3. The molecular formula is C8H16O2. The lowest BCUT2D eigenvalue weighted by atomic mass is 9.71. The molecule has 1 aliphatic heterocycles. The summed E-state index contributed by atoms with van der Waals surface area (Å²) >= 11 is 0. The van der Waals surface area contributed by atoms with Crippen LogP contribution in [0, 0.1) is 5.41 Å². The van der Waals surface area contributed by atoms with Crippen molar-refractivity contribution >= 4 is 0 Å². The topological polar surface area (TPSA) is 29.5 Å². The molecule has 1 aliphatic rings. The van der Waals surface area contributed by atoms with Gasteiger partial charge in [-0.05, 0) is 20.3 Å². The van der Waals surface area contributed by atoms with Crippen LogP contribution in [-0.2, 0) is 4.74 Å². The Balaban J connectivity index is 2.61. The van der Waals surface area contributed by atoms with Crippen LogP contribution < -0.4 is 0 Å². The molecule has 2 nitrogen and oxygen atoms in total. The maximum Gasteiger partial charge on any atom is 0.0653 e. The quantitative estimate of drug-likeness (QED) is 0.630. The lowest BCUT2D eigenvalue weighted by molar-refractivity contribution is -0.249. The SMILES string of the molecule is CCC1(CO)C(C)OC1C. The van der Waals surface area contributed by atoms with Crippen molar-refractivity contribution in [3.05, 3.63) is 0 Å². The Morgan fingerprint density at radius 1 is 1.40 bits per heavy atom. The highest BCUT2D eigenvalue weighted by molar-refractivity contribution is 4.96. The van der Waals surface area contributed by atoms with Gasteiger partial charge in [0.05, 0.1) is 18.8 Å². The molecule has 0 aliphatic carbocycles. The van der Waals surface area contributed by atoms with Gasteiger partial charge in [-0.15, -0.1) is 0 Å². The fraction of sp³-hybridized carbons (Fsp3) is 1.00. The number of aliphatic hydroxyl groups is 1. The number of aliphatic hydroxyl groups excluding tert-OH is 1. The van der Waals surface area contributed by atoms with Crippen LogP contribution in [0.25, 0.3) is 0 Å². The second-order valence-electron chi connectivity index (χ2n) is 3.17. The van der Waals surface area contributed by atoms with E-state index in [4.69, 9.17) is 9.84 Å². The summed E-state index contributed by atoms with van der Waals surface area (Å²) in [5.41, 5.74) is 0.0556. The number of ether oxygens (including phenoxy) is 1. The van der Waals surface area contributed by atoms with Crippen molar-refractivity contribution in [1.82, 2.24) is 0 Å². The largest absolute Gasteiger partial charge is 0.396 e. The summed E-state index contributed by atoms with van der Waals surface area (Å²) in [7, 11) is 0. The highest BCUT2D eigenvalue weighted by Gasteiger charge is 2.50. The minimum atomic E-state index is 0.0556. The molecule has 1 saturated heterocycles. The Morgan fingerprint density at radius 3 is 2.00 bits per heavy atom. The maximum absolute atomic E-state index is 9.10. The van der Waals surface area contributed by atoms with E-state index in [1.54, 1.807) is 0 Å². The van der Waals surface area contributed by atoms with Gasteiger partial charge in [0.15, 0.2) is 0 Å². The van der Waals surface area contributed by atoms with Gasteiger partial charge in [-0.2, -0.15) is 0 Å². The minimum Gasteiger partial charge on any atom is -0.396 e. The molecule has 2 atom stereocenters. The molecular weight excluding hydrogens is 128 g/mol. The molecule has 10 heavy (non-hydrogen) atoms. The molecule has 0 aromatic heterocycles. The van der Waals surface area contributed by atoms with Gasteiger partial charge in [-0.25, -0.2) is 0 Å². The minimum absolute atomic E-state index is 0.0556. The lowest BCUT2D eigenvalue weighted by Gasteiger charge is -2.52. The van der Waals surface area contributed by atoms with Gasteiger partial charge in [0, 0.05) is 5.41 Å². The maximum atomic E-state index is 9.10. The van der Waals surface area contributed by atoms with Gasteiger partial charge in [-0.3, -0.25) is 0 Å². The second-order valence-corrected chi connectivity index (χ2v) is 3.17. The molecule has 1 fully saturated rings. The highest BCUT2D eigenvalue weighted by Crippen LogP contribution is 2.43. The fourth-order valence-corrected chi connectivity index (χ4v) is 1.78. The summed E-state index contributed by atoms with van der Waals surface area (Å²) in [6, 6.07) is 0. The zero-order valence-electron chi connectivity index (χ0n) is 6.92. The molecule has 1 N–H and O–H groups in total. The highest BCUT2D eigenvalue weighted by atomic mass is 16.5. The van der Waals surface area contributed by atoms with Crippen molar-refractivity contribution < 1.29 is 9.84 Å². The molecule has 60 valence electrons. The van der Waals surface area contributed by atoms with E-state index >= 15 is 0 Å². The Labute approximate surface area is 62.2 Å². The number of hydrogen-bond acceptors (Lipinski definition) is 2. The van der Waals surface area contributed by atoms with Crippen molar-refractivity contribution in [3.63, 3.8) is 0 Å². The molecule has 2 heteroatoms. The van der Waals surface area contributed by atoms with Gasteiger partial charge in [0.1, 0.15) is 0 Å². The molecule has 0 aromatic carbocycles. The second kappa shape index (κ2) is 2.51. The predicted molar refractivity (Wildman–Crippen MR) is 39.8 cm³/mol. The van der Waals surface area contributed by atoms with Crippen molar-refractivity contribution in [2.45, 2.75) is 39.4 Å². The van der Waals surface area contributed by atoms with Gasteiger partial charge >= 0.3 is 0 Å². The molecule has 0 bridgehead atoms. The average molecular weight is 144 g/mol. The molecule has 1 heterocycles. The summed E-state index contributed by atoms with van der Waals surface area (Å²) in [5, 5.41) is 9.10. The number of hydrogen-bond donors (Lipinski definition) is 1. The van der Waals surface area contributed by atoms with E-state index < -0.39 is 0 Å². The Bertz CT molecular complexity index is 108. The van der Waals surface area contributed by atoms with Crippen LogP contribution in [0.1, 0.15) is 27.2 Å². The fourth-order valence-electron chi connectivity index (χ4n) is 1.78. The molecule has 0 radical (unpaired) electrons. The van der Waals surface area contributed by atoms with Crippen LogP contribution in [0.15, 0.2) is 0 Å². The van der Waals surface area contributed by atoms with Crippen LogP contribution >= 0.6 is 0 Å².